The van der Waals surface area contributed by atoms with Crippen molar-refractivity contribution < 1.29 is 10.0 Å². The average Bonchev–Trinajstić information content (AvgIpc) is 2.16. The van der Waals surface area contributed by atoms with Gasteiger partial charge in [-0.3, -0.25) is 14.8 Å². The lowest BCUT2D eigenvalue weighted by atomic mass is 10.2. The van der Waals surface area contributed by atoms with Crippen molar-refractivity contribution in [1.82, 2.24) is 10.0 Å². The summed E-state index contributed by atoms with van der Waals surface area (Å²) in [6.07, 6.45) is 1.42. The van der Waals surface area contributed by atoms with Crippen LogP contribution < -0.4 is 5.56 Å². The molecule has 1 heterocycles. The molecule has 1 rings (SSSR count). The summed E-state index contributed by atoms with van der Waals surface area (Å²) < 4.78 is 0. The predicted octanol–water partition coefficient (Wildman–Crippen LogP) is 0.226. The van der Waals surface area contributed by atoms with Crippen LogP contribution in [-0.2, 0) is 0 Å². The first-order valence-electron chi connectivity index (χ1n) is 3.85. The normalized spacial score (nSPS) is 9.69. The van der Waals surface area contributed by atoms with Gasteiger partial charge in [0.2, 0.25) is 0 Å². The number of H-pyrrole nitrogens is 1. The summed E-state index contributed by atoms with van der Waals surface area (Å²) in [5, 5.41) is 9.53. The summed E-state index contributed by atoms with van der Waals surface area (Å²) in [4.78, 5) is 24.7. The van der Waals surface area contributed by atoms with E-state index in [-0.39, 0.29) is 12.1 Å². The van der Waals surface area contributed by atoms with Crippen molar-refractivity contribution in [1.29, 1.82) is 0 Å². The van der Waals surface area contributed by atoms with E-state index < -0.39 is 11.5 Å². The number of pyridine rings is 1. The van der Waals surface area contributed by atoms with E-state index in [0.717, 1.165) is 0 Å². The standard InChI is InChI=1S/C8H10N2O3/c1-2-10(13)8(12)6-4-3-5-9-7(6)11/h3-5,13H,2H2,1H3,(H,9,11). The fourth-order valence-corrected chi connectivity index (χ4v) is 0.873. The molecule has 0 fully saturated rings. The Labute approximate surface area is 74.6 Å². The SMILES string of the molecule is CCN(O)C(=O)c1ccc[nH]c1=O. The fraction of sp³-hybridized carbons (Fsp3) is 0.250. The molecule has 0 aliphatic carbocycles. The first-order chi connectivity index (χ1) is 6.16. The van der Waals surface area contributed by atoms with Crippen molar-refractivity contribution in [2.45, 2.75) is 6.92 Å². The molecular weight excluding hydrogens is 172 g/mol. The van der Waals surface area contributed by atoms with Crippen LogP contribution in [0.15, 0.2) is 23.1 Å². The molecule has 0 bridgehead atoms. The second-order valence-corrected chi connectivity index (χ2v) is 2.43. The molecule has 1 amide bonds. The molecule has 0 saturated heterocycles. The fourth-order valence-electron chi connectivity index (χ4n) is 0.873. The molecule has 0 aliphatic rings. The van der Waals surface area contributed by atoms with Gasteiger partial charge < -0.3 is 4.98 Å². The zero-order chi connectivity index (χ0) is 9.84. The molecule has 0 aromatic carbocycles. The van der Waals surface area contributed by atoms with Crippen LogP contribution in [0, 0.1) is 0 Å². The summed E-state index contributed by atoms with van der Waals surface area (Å²) in [6, 6.07) is 2.89. The van der Waals surface area contributed by atoms with Crippen LogP contribution in [0.2, 0.25) is 0 Å². The number of aromatic nitrogens is 1. The number of hydrogen-bond donors (Lipinski definition) is 2. The smallest absolute Gasteiger partial charge is 0.282 e. The highest BCUT2D eigenvalue weighted by Gasteiger charge is 2.14. The van der Waals surface area contributed by atoms with E-state index in [4.69, 9.17) is 5.21 Å². The number of aromatic amines is 1. The molecule has 0 saturated carbocycles. The molecule has 5 nitrogen and oxygen atoms in total. The summed E-state index contributed by atoms with van der Waals surface area (Å²) >= 11 is 0. The quantitative estimate of drug-likeness (QED) is 0.507. The highest BCUT2D eigenvalue weighted by molar-refractivity contribution is 5.92. The number of carbonyl (C=O) groups is 1. The molecule has 0 unspecified atom stereocenters. The van der Waals surface area contributed by atoms with Gasteiger partial charge >= 0.3 is 0 Å². The molecule has 0 aliphatic heterocycles. The number of hydroxylamine groups is 2. The molecular formula is C8H10N2O3. The van der Waals surface area contributed by atoms with Crippen molar-refractivity contribution >= 4 is 5.91 Å². The van der Waals surface area contributed by atoms with Crippen molar-refractivity contribution in [2.75, 3.05) is 6.54 Å². The maximum absolute atomic E-state index is 11.3. The second kappa shape index (κ2) is 3.86. The third kappa shape index (κ3) is 1.94. The van der Waals surface area contributed by atoms with Gasteiger partial charge in [-0.05, 0) is 19.1 Å². The molecule has 13 heavy (non-hydrogen) atoms. The average molecular weight is 182 g/mol. The molecule has 0 radical (unpaired) electrons. The Morgan fingerprint density at radius 1 is 1.69 bits per heavy atom. The number of carbonyl (C=O) groups excluding carboxylic acids is 1. The van der Waals surface area contributed by atoms with Gasteiger partial charge in [-0.15, -0.1) is 0 Å². The number of hydrogen-bond acceptors (Lipinski definition) is 3. The first-order valence-corrected chi connectivity index (χ1v) is 3.85. The molecule has 70 valence electrons. The Morgan fingerprint density at radius 3 is 2.92 bits per heavy atom. The minimum atomic E-state index is -0.690. The highest BCUT2D eigenvalue weighted by Crippen LogP contribution is 1.95. The monoisotopic (exact) mass is 182 g/mol. The lowest BCUT2D eigenvalue weighted by molar-refractivity contribution is -0.0543. The van der Waals surface area contributed by atoms with E-state index in [2.05, 4.69) is 4.98 Å². The maximum atomic E-state index is 11.3. The van der Waals surface area contributed by atoms with Gasteiger partial charge in [0.15, 0.2) is 0 Å². The highest BCUT2D eigenvalue weighted by atomic mass is 16.5. The van der Waals surface area contributed by atoms with Crippen LogP contribution in [0.4, 0.5) is 0 Å². The zero-order valence-electron chi connectivity index (χ0n) is 7.15. The van der Waals surface area contributed by atoms with Gasteiger partial charge in [0, 0.05) is 12.7 Å². The summed E-state index contributed by atoms with van der Waals surface area (Å²) in [6.45, 7) is 1.75. The first kappa shape index (κ1) is 9.47. The summed E-state index contributed by atoms with van der Waals surface area (Å²) in [7, 11) is 0. The Kier molecular flexibility index (Phi) is 2.81. The topological polar surface area (TPSA) is 73.4 Å². The molecule has 5 heteroatoms. The largest absolute Gasteiger partial charge is 0.328 e. The van der Waals surface area contributed by atoms with E-state index in [9.17, 15) is 9.59 Å². The van der Waals surface area contributed by atoms with Crippen molar-refractivity contribution in [3.63, 3.8) is 0 Å². The molecule has 1 aromatic rings. The Bertz CT molecular complexity index is 358. The van der Waals surface area contributed by atoms with Gasteiger partial charge in [-0.1, -0.05) is 0 Å². The lowest BCUT2D eigenvalue weighted by Crippen LogP contribution is -2.31. The van der Waals surface area contributed by atoms with E-state index in [0.29, 0.717) is 5.06 Å². The van der Waals surface area contributed by atoms with Crippen molar-refractivity contribution in [3.05, 3.63) is 34.2 Å². The van der Waals surface area contributed by atoms with Crippen LogP contribution >= 0.6 is 0 Å². The number of rotatable bonds is 2. The van der Waals surface area contributed by atoms with Gasteiger partial charge in [0.25, 0.3) is 11.5 Å². The molecule has 1 aromatic heterocycles. The molecule has 0 atom stereocenters. The Morgan fingerprint density at radius 2 is 2.38 bits per heavy atom. The van der Waals surface area contributed by atoms with Crippen molar-refractivity contribution in [2.24, 2.45) is 0 Å². The van der Waals surface area contributed by atoms with Gasteiger partial charge in [-0.2, -0.15) is 0 Å². The van der Waals surface area contributed by atoms with E-state index >= 15 is 0 Å². The maximum Gasteiger partial charge on any atom is 0.282 e. The number of nitrogens with one attached hydrogen (secondary N) is 1. The van der Waals surface area contributed by atoms with E-state index in [1.165, 1.54) is 18.3 Å². The minimum absolute atomic E-state index is 0.0631. The molecule has 0 spiro atoms. The van der Waals surface area contributed by atoms with Gasteiger partial charge in [0.1, 0.15) is 5.56 Å². The summed E-state index contributed by atoms with van der Waals surface area (Å²) in [5.74, 6) is -0.690. The minimum Gasteiger partial charge on any atom is -0.328 e. The number of amides is 1. The Hall–Kier alpha value is -1.62. The Balaban J connectivity index is 3.02. The van der Waals surface area contributed by atoms with E-state index in [1.54, 1.807) is 6.92 Å². The van der Waals surface area contributed by atoms with Gasteiger partial charge in [-0.25, -0.2) is 5.06 Å². The lowest BCUT2D eigenvalue weighted by Gasteiger charge is -2.10. The van der Waals surface area contributed by atoms with Crippen LogP contribution in [-0.4, -0.2) is 27.7 Å². The van der Waals surface area contributed by atoms with Crippen LogP contribution in [0.25, 0.3) is 0 Å². The summed E-state index contributed by atoms with van der Waals surface area (Å²) in [5.41, 5.74) is -0.563. The van der Waals surface area contributed by atoms with Crippen LogP contribution in [0.3, 0.4) is 0 Å². The third-order valence-corrected chi connectivity index (χ3v) is 1.58. The second-order valence-electron chi connectivity index (χ2n) is 2.43. The van der Waals surface area contributed by atoms with Crippen LogP contribution in [0.1, 0.15) is 17.3 Å². The van der Waals surface area contributed by atoms with Crippen LogP contribution in [0.5, 0.6) is 0 Å². The predicted molar refractivity (Wildman–Crippen MR) is 45.6 cm³/mol. The molecule has 2 N–H and O–H groups in total. The third-order valence-electron chi connectivity index (χ3n) is 1.58. The van der Waals surface area contributed by atoms with Gasteiger partial charge in [0.05, 0.1) is 0 Å². The number of nitrogens with zero attached hydrogens (tertiary/aromatic N) is 1. The van der Waals surface area contributed by atoms with Crippen molar-refractivity contribution in [3.8, 4) is 0 Å². The zero-order valence-corrected chi connectivity index (χ0v) is 7.15. The van der Waals surface area contributed by atoms with E-state index in [1.807, 2.05) is 0 Å².